The molecule has 218 valence electrons. The third-order valence-electron chi connectivity index (χ3n) is 8.38. The molecule has 1 atom stereocenters. The molecule has 0 amide bonds. The van der Waals surface area contributed by atoms with E-state index in [-0.39, 0.29) is 18.3 Å². The Morgan fingerprint density at radius 3 is 1.78 bits per heavy atom. The fourth-order valence-corrected chi connectivity index (χ4v) is 6.59. The summed E-state index contributed by atoms with van der Waals surface area (Å²) in [7, 11) is 0. The highest BCUT2D eigenvalue weighted by Crippen LogP contribution is 2.60. The van der Waals surface area contributed by atoms with Crippen molar-refractivity contribution in [1.82, 2.24) is 0 Å². The fraction of sp³-hybridized carbons (Fsp3) is 0.400. The summed E-state index contributed by atoms with van der Waals surface area (Å²) < 4.78 is 5.87. The number of hydrogen-bond donors (Lipinski definition) is 0. The van der Waals surface area contributed by atoms with Crippen LogP contribution in [0.3, 0.4) is 0 Å². The normalized spacial score (nSPS) is 15.7. The molecule has 1 aliphatic rings. The Labute approximate surface area is 251 Å². The van der Waals surface area contributed by atoms with Crippen molar-refractivity contribution >= 4 is 0 Å². The van der Waals surface area contributed by atoms with Gasteiger partial charge in [0.2, 0.25) is 0 Å². The zero-order valence-electron chi connectivity index (χ0n) is 26.4. The van der Waals surface area contributed by atoms with Gasteiger partial charge < -0.3 is 4.74 Å². The van der Waals surface area contributed by atoms with Crippen molar-refractivity contribution in [3.8, 4) is 16.9 Å². The molecule has 0 saturated carbocycles. The van der Waals surface area contributed by atoms with Crippen molar-refractivity contribution in [3.05, 3.63) is 124 Å². The highest BCUT2D eigenvalue weighted by Gasteiger charge is 2.52. The van der Waals surface area contributed by atoms with Gasteiger partial charge in [-0.2, -0.15) is 0 Å². The monoisotopic (exact) mass is 548 g/mol. The molecule has 0 spiro atoms. The van der Waals surface area contributed by atoms with Crippen molar-refractivity contribution in [2.75, 3.05) is 6.61 Å². The van der Waals surface area contributed by atoms with Crippen molar-refractivity contribution in [2.45, 2.75) is 88.5 Å². The zero-order chi connectivity index (χ0) is 29.3. The molecule has 0 radical (unpaired) electrons. The first-order valence-corrected chi connectivity index (χ1v) is 14.8. The molecule has 0 N–H and O–H groups in total. The molecule has 0 heterocycles. The summed E-state index contributed by atoms with van der Waals surface area (Å²) in [6, 6.07) is 31.0. The second-order valence-electron chi connectivity index (χ2n) is 13.6. The molecule has 4 aromatic rings. The molecule has 0 bridgehead atoms. The van der Waals surface area contributed by atoms with Gasteiger partial charge in [-0.3, -0.25) is 0 Å². The van der Waals surface area contributed by atoms with Crippen LogP contribution in [0.2, 0.25) is 0 Å². The van der Waals surface area contributed by atoms with E-state index in [2.05, 4.69) is 147 Å². The molecular formula is C40H52O. The van der Waals surface area contributed by atoms with E-state index in [1.54, 1.807) is 0 Å². The maximum Gasteiger partial charge on any atom is 0.119 e. The lowest BCUT2D eigenvalue weighted by Crippen LogP contribution is -2.40. The standard InChI is InChI=1S/C25H26O.C14H22.CH4/c1-5-26-19-15-16-21-20-13-9-10-14-22(20)25(23(21)17-19,24(2,3)4)18-11-7-6-8-12-18;1-10-7-13(9-14(4,5)6)8-11(2)12(10)3;/h6-17H,5H2,1-4H3;7-8H,9H2,1-6H3;1H4. The molecule has 0 fully saturated rings. The van der Waals surface area contributed by atoms with Crippen LogP contribution in [0.4, 0.5) is 0 Å². The third kappa shape index (κ3) is 6.30. The second kappa shape index (κ2) is 12.3. The summed E-state index contributed by atoms with van der Waals surface area (Å²) in [5.74, 6) is 0.948. The van der Waals surface area contributed by atoms with Crippen LogP contribution in [-0.4, -0.2) is 6.61 Å². The van der Waals surface area contributed by atoms with Crippen LogP contribution < -0.4 is 4.74 Å². The Balaban J connectivity index is 0.000000264. The van der Waals surface area contributed by atoms with E-state index in [1.807, 2.05) is 6.92 Å². The molecule has 1 heteroatoms. The fourth-order valence-electron chi connectivity index (χ4n) is 6.59. The van der Waals surface area contributed by atoms with Gasteiger partial charge in [-0.15, -0.1) is 0 Å². The van der Waals surface area contributed by atoms with Gasteiger partial charge in [0, 0.05) is 0 Å². The average Bonchev–Trinajstić information content (AvgIpc) is 3.18. The molecule has 41 heavy (non-hydrogen) atoms. The Kier molecular flexibility index (Phi) is 9.64. The van der Waals surface area contributed by atoms with E-state index in [9.17, 15) is 0 Å². The van der Waals surface area contributed by atoms with E-state index < -0.39 is 0 Å². The molecule has 0 saturated heterocycles. The van der Waals surface area contributed by atoms with E-state index in [0.717, 1.165) is 12.2 Å². The highest BCUT2D eigenvalue weighted by molar-refractivity contribution is 5.84. The maximum absolute atomic E-state index is 5.87. The van der Waals surface area contributed by atoms with Crippen molar-refractivity contribution < 1.29 is 4.74 Å². The van der Waals surface area contributed by atoms with Gasteiger partial charge in [0.05, 0.1) is 12.0 Å². The van der Waals surface area contributed by atoms with Crippen molar-refractivity contribution in [2.24, 2.45) is 10.8 Å². The lowest BCUT2D eigenvalue weighted by atomic mass is 9.58. The molecule has 5 rings (SSSR count). The summed E-state index contributed by atoms with van der Waals surface area (Å²) in [5, 5.41) is 0. The van der Waals surface area contributed by atoms with E-state index in [4.69, 9.17) is 4.74 Å². The van der Waals surface area contributed by atoms with Gasteiger partial charge in [0.25, 0.3) is 0 Å². The summed E-state index contributed by atoms with van der Waals surface area (Å²) >= 11 is 0. The van der Waals surface area contributed by atoms with Gasteiger partial charge in [-0.05, 0) is 107 Å². The van der Waals surface area contributed by atoms with Gasteiger partial charge in [-0.25, -0.2) is 0 Å². The predicted octanol–water partition coefficient (Wildman–Crippen LogP) is 11.3. The molecule has 1 unspecified atom stereocenters. The molecular weight excluding hydrogens is 496 g/mol. The average molecular weight is 549 g/mol. The Morgan fingerprint density at radius 1 is 0.659 bits per heavy atom. The summed E-state index contributed by atoms with van der Waals surface area (Å²) in [5.41, 5.74) is 12.7. The minimum atomic E-state index is -0.201. The van der Waals surface area contributed by atoms with Crippen LogP contribution in [0.25, 0.3) is 11.1 Å². The number of ether oxygens (including phenoxy) is 1. The number of benzene rings is 4. The van der Waals surface area contributed by atoms with Crippen molar-refractivity contribution in [1.29, 1.82) is 0 Å². The number of aryl methyl sites for hydroxylation is 2. The Morgan fingerprint density at radius 2 is 1.22 bits per heavy atom. The minimum Gasteiger partial charge on any atom is -0.494 e. The minimum absolute atomic E-state index is 0. The van der Waals surface area contributed by atoms with E-state index in [0.29, 0.717) is 12.0 Å². The summed E-state index contributed by atoms with van der Waals surface area (Å²) in [6.07, 6.45) is 1.16. The quantitative estimate of drug-likeness (QED) is 0.246. The first-order chi connectivity index (χ1) is 18.8. The third-order valence-corrected chi connectivity index (χ3v) is 8.38. The van der Waals surface area contributed by atoms with Crippen molar-refractivity contribution in [3.63, 3.8) is 0 Å². The summed E-state index contributed by atoms with van der Waals surface area (Å²) in [4.78, 5) is 0. The second-order valence-corrected chi connectivity index (χ2v) is 13.6. The number of fused-ring (bicyclic) bond motifs is 3. The van der Waals surface area contributed by atoms with Crippen LogP contribution >= 0.6 is 0 Å². The Hall–Kier alpha value is -3.32. The summed E-state index contributed by atoms with van der Waals surface area (Å²) in [6.45, 7) is 23.2. The number of rotatable bonds is 4. The molecule has 0 aromatic heterocycles. The first-order valence-electron chi connectivity index (χ1n) is 14.8. The molecule has 4 aromatic carbocycles. The predicted molar refractivity (Wildman–Crippen MR) is 179 cm³/mol. The van der Waals surface area contributed by atoms with Crippen LogP contribution in [0.1, 0.15) is 94.8 Å². The van der Waals surface area contributed by atoms with Gasteiger partial charge in [0.15, 0.2) is 0 Å². The van der Waals surface area contributed by atoms with E-state index in [1.165, 1.54) is 50.1 Å². The Bertz CT molecular complexity index is 1440. The molecule has 1 nitrogen and oxygen atoms in total. The lowest BCUT2D eigenvalue weighted by Gasteiger charge is -2.44. The van der Waals surface area contributed by atoms with Crippen LogP contribution in [0, 0.1) is 31.6 Å². The highest BCUT2D eigenvalue weighted by atomic mass is 16.5. The van der Waals surface area contributed by atoms with Crippen LogP contribution in [-0.2, 0) is 11.8 Å². The zero-order valence-corrected chi connectivity index (χ0v) is 26.4. The van der Waals surface area contributed by atoms with Gasteiger partial charge >= 0.3 is 0 Å². The van der Waals surface area contributed by atoms with Gasteiger partial charge in [0.1, 0.15) is 5.75 Å². The van der Waals surface area contributed by atoms with Crippen LogP contribution in [0.15, 0.2) is 84.9 Å². The maximum atomic E-state index is 5.87. The topological polar surface area (TPSA) is 9.23 Å². The van der Waals surface area contributed by atoms with Crippen LogP contribution in [0.5, 0.6) is 5.75 Å². The van der Waals surface area contributed by atoms with E-state index >= 15 is 0 Å². The molecule has 1 aliphatic carbocycles. The number of hydrogen-bond acceptors (Lipinski definition) is 1. The largest absolute Gasteiger partial charge is 0.494 e. The SMILES string of the molecule is C.CCOc1ccc2c(c1)C(c1ccccc1)(C(C)(C)C)c1ccccc1-2.Cc1cc(CC(C)(C)C)cc(C)c1C. The lowest BCUT2D eigenvalue weighted by molar-refractivity contribution is 0.276. The molecule has 0 aliphatic heterocycles. The first kappa shape index (κ1) is 32.2. The smallest absolute Gasteiger partial charge is 0.119 e. The van der Waals surface area contributed by atoms with Gasteiger partial charge in [-0.1, -0.05) is 122 Å².